The molecule has 0 heterocycles. The van der Waals surface area contributed by atoms with Crippen molar-refractivity contribution in [3.8, 4) is 0 Å². The van der Waals surface area contributed by atoms with E-state index in [9.17, 15) is 0 Å². The molecule has 7 heavy (non-hydrogen) atoms. The summed E-state index contributed by atoms with van der Waals surface area (Å²) < 4.78 is 0. The van der Waals surface area contributed by atoms with Crippen LogP contribution in [-0.2, 0) is 0 Å². The van der Waals surface area contributed by atoms with Crippen molar-refractivity contribution in [3.63, 3.8) is 0 Å². The van der Waals surface area contributed by atoms with E-state index in [0.717, 1.165) is 5.54 Å². The third-order valence-electron chi connectivity index (χ3n) is 1.61. The number of rotatable bonds is 0. The molecular weight excluding hydrogens is 100 g/mol. The Labute approximate surface area is 48.7 Å². The van der Waals surface area contributed by atoms with E-state index in [1.165, 1.54) is 32.1 Å². The molecule has 1 fully saturated rings. The van der Waals surface area contributed by atoms with Crippen molar-refractivity contribution in [2.24, 2.45) is 0 Å². The molecule has 1 aliphatic rings. The first-order valence-corrected chi connectivity index (χ1v) is 3.68. The third-order valence-corrected chi connectivity index (χ3v) is 2.18. The van der Waals surface area contributed by atoms with Gasteiger partial charge in [0.2, 0.25) is 0 Å². The molecule has 0 nitrogen and oxygen atoms in total. The summed E-state index contributed by atoms with van der Waals surface area (Å²) in [6.07, 6.45) is 7.14. The molecule has 0 bridgehead atoms. The summed E-state index contributed by atoms with van der Waals surface area (Å²) in [5.74, 6) is 0. The molecule has 1 rings (SSSR count). The fraction of sp³-hybridized carbons (Fsp3) is 1.00. The molecule has 0 radical (unpaired) electrons. The Kier molecular flexibility index (Phi) is 1.92. The van der Waals surface area contributed by atoms with Gasteiger partial charge in [0, 0.05) is 0 Å². The number of hydrogen-bond donors (Lipinski definition) is 0. The van der Waals surface area contributed by atoms with Crippen molar-refractivity contribution in [1.82, 2.24) is 0 Å². The minimum absolute atomic E-state index is 0.841. The first kappa shape index (κ1) is 5.36. The van der Waals surface area contributed by atoms with Gasteiger partial charge >= 0.3 is 47.9 Å². The van der Waals surface area contributed by atoms with E-state index >= 15 is 0 Å². The fourth-order valence-corrected chi connectivity index (χ4v) is 1.51. The average Bonchev–Trinajstić information content (AvgIpc) is 1.69. The van der Waals surface area contributed by atoms with Crippen LogP contribution >= 0.6 is 0 Å². The molecule has 0 atom stereocenters. The molecule has 0 spiro atoms. The first-order valence-electron chi connectivity index (χ1n) is 3.11. The Balaban J connectivity index is 2.12. The van der Waals surface area contributed by atoms with Crippen molar-refractivity contribution < 1.29 is 0 Å². The Morgan fingerprint density at radius 3 is 1.86 bits per heavy atom. The summed E-state index contributed by atoms with van der Waals surface area (Å²) in [7, 11) is 3.63. The van der Waals surface area contributed by atoms with Gasteiger partial charge in [0.25, 0.3) is 0 Å². The molecule has 0 saturated heterocycles. The summed E-state index contributed by atoms with van der Waals surface area (Å²) in [6, 6.07) is 0. The summed E-state index contributed by atoms with van der Waals surface area (Å²) in [5, 5.41) is 0. The van der Waals surface area contributed by atoms with Gasteiger partial charge in [-0.1, -0.05) is 0 Å². The Bertz CT molecular complexity index is 46.1. The molecule has 0 amide bonds. The molecule has 0 aromatic rings. The molecule has 0 unspecified atom stereocenters. The molecule has 1 heteroatoms. The van der Waals surface area contributed by atoms with E-state index in [2.05, 4.69) is 10.2 Å². The second-order valence-corrected chi connectivity index (χ2v) is 3.15. The molecule has 0 aromatic heterocycles. The maximum atomic E-state index is 3.63. The van der Waals surface area contributed by atoms with Crippen LogP contribution in [0.4, 0.5) is 0 Å². The van der Waals surface area contributed by atoms with Crippen molar-refractivity contribution >= 4 is 10.2 Å². The van der Waals surface area contributed by atoms with Gasteiger partial charge in [0.1, 0.15) is 0 Å². The van der Waals surface area contributed by atoms with E-state index in [4.69, 9.17) is 0 Å². The number of hydrogen-bond acceptors (Lipinski definition) is 0. The van der Waals surface area contributed by atoms with Gasteiger partial charge in [0.15, 0.2) is 0 Å². The second kappa shape index (κ2) is 2.51. The van der Waals surface area contributed by atoms with Crippen molar-refractivity contribution in [2.75, 3.05) is 0 Å². The van der Waals surface area contributed by atoms with Gasteiger partial charge in [-0.15, -0.1) is 0 Å². The topological polar surface area (TPSA) is 0 Å². The Hall–Kier alpha value is 0.217. The summed E-state index contributed by atoms with van der Waals surface area (Å²) in [6.45, 7) is 0. The quantitative estimate of drug-likeness (QED) is 0.419. The van der Waals surface area contributed by atoms with Crippen molar-refractivity contribution in [2.45, 2.75) is 37.6 Å². The van der Waals surface area contributed by atoms with Crippen molar-refractivity contribution in [3.05, 3.63) is 0 Å². The van der Waals surface area contributed by atoms with Crippen LogP contribution in [-0.4, -0.2) is 10.2 Å². The van der Waals surface area contributed by atoms with Crippen LogP contribution in [0, 0.1) is 0 Å². The van der Waals surface area contributed by atoms with Gasteiger partial charge < -0.3 is 0 Å². The first-order chi connectivity index (χ1) is 3.39. The van der Waals surface area contributed by atoms with Crippen LogP contribution < -0.4 is 0 Å². The monoisotopic (exact) mass is 111 g/mol. The summed E-state index contributed by atoms with van der Waals surface area (Å²) >= 11 is 0. The van der Waals surface area contributed by atoms with E-state index in [1.807, 2.05) is 0 Å². The molecule has 1 aliphatic carbocycles. The normalized spacial score (nSPS) is 25.4. The SMILES string of the molecule is [Si+3]C1CCCCC1. The third kappa shape index (κ3) is 1.64. The van der Waals surface area contributed by atoms with E-state index in [-0.39, 0.29) is 0 Å². The van der Waals surface area contributed by atoms with Gasteiger partial charge in [-0.3, -0.25) is 0 Å². The average molecular weight is 111 g/mol. The Morgan fingerprint density at radius 2 is 1.57 bits per heavy atom. The van der Waals surface area contributed by atoms with Crippen molar-refractivity contribution in [1.29, 1.82) is 0 Å². The van der Waals surface area contributed by atoms with Gasteiger partial charge in [0.05, 0.1) is 0 Å². The molecular formula is C6H11Si+3. The van der Waals surface area contributed by atoms with Crippen LogP contribution in [0.1, 0.15) is 32.1 Å². The van der Waals surface area contributed by atoms with Crippen LogP contribution in [0.2, 0.25) is 5.54 Å². The zero-order valence-electron chi connectivity index (χ0n) is 4.61. The zero-order valence-corrected chi connectivity index (χ0v) is 5.61. The fourth-order valence-electron chi connectivity index (χ4n) is 1.10. The summed E-state index contributed by atoms with van der Waals surface area (Å²) in [4.78, 5) is 0. The Morgan fingerprint density at radius 1 is 1.00 bits per heavy atom. The zero-order chi connectivity index (χ0) is 5.11. The van der Waals surface area contributed by atoms with Gasteiger partial charge in [-0.25, -0.2) is 0 Å². The van der Waals surface area contributed by atoms with Gasteiger partial charge in [-0.2, -0.15) is 0 Å². The minimum atomic E-state index is 0.841. The standard InChI is InChI=1S/C6H11Si/c7-6-4-2-1-3-5-6/h6H,1-5H2/q+3. The molecule has 0 aliphatic heterocycles. The van der Waals surface area contributed by atoms with Gasteiger partial charge in [-0.05, 0) is 0 Å². The molecule has 36 valence electrons. The predicted molar refractivity (Wildman–Crippen MR) is 32.6 cm³/mol. The predicted octanol–water partition coefficient (Wildman–Crippen LogP) is 1.91. The summed E-state index contributed by atoms with van der Waals surface area (Å²) in [5.41, 5.74) is 0.841. The van der Waals surface area contributed by atoms with E-state index < -0.39 is 0 Å². The van der Waals surface area contributed by atoms with Crippen LogP contribution in [0.5, 0.6) is 0 Å². The van der Waals surface area contributed by atoms with Crippen LogP contribution in [0.3, 0.4) is 0 Å². The van der Waals surface area contributed by atoms with E-state index in [1.54, 1.807) is 0 Å². The van der Waals surface area contributed by atoms with Crippen LogP contribution in [0.15, 0.2) is 0 Å². The maximum absolute atomic E-state index is 3.63. The van der Waals surface area contributed by atoms with E-state index in [0.29, 0.717) is 0 Å². The molecule has 0 aromatic carbocycles. The van der Waals surface area contributed by atoms with Crippen LogP contribution in [0.25, 0.3) is 0 Å². The molecule has 0 N–H and O–H groups in total. The second-order valence-electron chi connectivity index (χ2n) is 2.33. The molecule has 1 saturated carbocycles.